The van der Waals surface area contributed by atoms with Crippen molar-refractivity contribution >= 4 is 35.5 Å². The maximum Gasteiger partial charge on any atom is 0.339 e. The smallest absolute Gasteiger partial charge is 0.339 e. The molecule has 0 aliphatic heterocycles. The molecule has 3 rings (SSSR count). The first-order chi connectivity index (χ1) is 13.4. The van der Waals surface area contributed by atoms with E-state index in [1.54, 1.807) is 55.5 Å². The number of anilines is 1. The highest BCUT2D eigenvalue weighted by Crippen LogP contribution is 2.26. The Hall–Kier alpha value is -3.58. The average Bonchev–Trinajstić information content (AvgIpc) is 3.12. The fraction of sp³-hybridized carbons (Fsp3) is 0.0500. The number of hydrazone groups is 1. The zero-order valence-corrected chi connectivity index (χ0v) is 15.5. The number of benzene rings is 2. The third-order valence-corrected chi connectivity index (χ3v) is 4.18. The number of nitrogens with zero attached hydrogens (tertiary/aromatic N) is 1. The number of aromatic carboxylic acids is 1. The molecule has 0 saturated heterocycles. The molecule has 1 aromatic heterocycles. The fourth-order valence-corrected chi connectivity index (χ4v) is 2.69. The van der Waals surface area contributed by atoms with Gasteiger partial charge in [0.25, 0.3) is 0 Å². The molecule has 3 aromatic rings. The Morgan fingerprint density at radius 3 is 2.64 bits per heavy atom. The highest BCUT2D eigenvalue weighted by atomic mass is 35.5. The predicted molar refractivity (Wildman–Crippen MR) is 107 cm³/mol. The number of amides is 2. The van der Waals surface area contributed by atoms with Crippen LogP contribution >= 0.6 is 11.6 Å². The largest absolute Gasteiger partial charge is 0.478 e. The molecular formula is C20H16ClN3O4. The summed E-state index contributed by atoms with van der Waals surface area (Å²) < 4.78 is 5.68. The molecule has 0 bridgehead atoms. The van der Waals surface area contributed by atoms with E-state index in [2.05, 4.69) is 15.8 Å². The lowest BCUT2D eigenvalue weighted by molar-refractivity contribution is 0.0696. The second kappa shape index (κ2) is 8.41. The van der Waals surface area contributed by atoms with Crippen molar-refractivity contribution in [2.75, 3.05) is 5.32 Å². The first-order valence-electron chi connectivity index (χ1n) is 8.23. The van der Waals surface area contributed by atoms with E-state index in [0.717, 1.165) is 11.1 Å². The lowest BCUT2D eigenvalue weighted by atomic mass is 10.0. The van der Waals surface area contributed by atoms with Gasteiger partial charge in [-0.1, -0.05) is 29.8 Å². The SMILES string of the molecule is Cc1cc(C(=O)O)ccc1-c1ccc(/C=N/NC(=O)Nc2ccccc2Cl)o1. The van der Waals surface area contributed by atoms with Crippen molar-refractivity contribution in [1.82, 2.24) is 5.43 Å². The number of para-hydroxylation sites is 1. The van der Waals surface area contributed by atoms with Crippen LogP contribution in [0, 0.1) is 6.92 Å². The first kappa shape index (κ1) is 19.2. The second-order valence-corrected chi connectivity index (χ2v) is 6.25. The Kier molecular flexibility index (Phi) is 5.76. The molecule has 0 aliphatic carbocycles. The van der Waals surface area contributed by atoms with Gasteiger partial charge in [-0.3, -0.25) is 0 Å². The monoisotopic (exact) mass is 397 g/mol. The molecule has 1 heterocycles. The lowest BCUT2D eigenvalue weighted by Gasteiger charge is -2.05. The molecule has 2 amide bonds. The number of hydrogen-bond donors (Lipinski definition) is 3. The third-order valence-electron chi connectivity index (χ3n) is 3.85. The quantitative estimate of drug-likeness (QED) is 0.426. The molecule has 0 atom stereocenters. The van der Waals surface area contributed by atoms with Crippen molar-refractivity contribution in [3.05, 3.63) is 76.5 Å². The van der Waals surface area contributed by atoms with Crippen LogP contribution in [0.1, 0.15) is 21.7 Å². The Labute approximate surface area is 165 Å². The molecule has 7 nitrogen and oxygen atoms in total. The van der Waals surface area contributed by atoms with Crippen LogP contribution in [-0.4, -0.2) is 23.3 Å². The number of aryl methyl sites for hydroxylation is 1. The number of carboxylic acids is 1. The summed E-state index contributed by atoms with van der Waals surface area (Å²) in [5, 5.41) is 15.9. The fourth-order valence-electron chi connectivity index (χ4n) is 2.51. The molecule has 142 valence electrons. The molecule has 8 heteroatoms. The Morgan fingerprint density at radius 1 is 1.14 bits per heavy atom. The summed E-state index contributed by atoms with van der Waals surface area (Å²) in [4.78, 5) is 22.9. The van der Waals surface area contributed by atoms with Crippen molar-refractivity contribution in [1.29, 1.82) is 0 Å². The van der Waals surface area contributed by atoms with E-state index in [9.17, 15) is 9.59 Å². The summed E-state index contributed by atoms with van der Waals surface area (Å²) in [6, 6.07) is 14.5. The Bertz CT molecular complexity index is 1060. The van der Waals surface area contributed by atoms with Crippen molar-refractivity contribution in [2.24, 2.45) is 5.10 Å². The number of hydrogen-bond acceptors (Lipinski definition) is 4. The molecule has 0 spiro atoms. The minimum Gasteiger partial charge on any atom is -0.478 e. The van der Waals surface area contributed by atoms with Crippen LogP contribution < -0.4 is 10.7 Å². The molecule has 0 unspecified atom stereocenters. The summed E-state index contributed by atoms with van der Waals surface area (Å²) in [5.74, 6) is 0.00854. The summed E-state index contributed by atoms with van der Waals surface area (Å²) in [6.45, 7) is 1.80. The number of carbonyl (C=O) groups is 2. The van der Waals surface area contributed by atoms with Crippen LogP contribution in [0.3, 0.4) is 0 Å². The van der Waals surface area contributed by atoms with Crippen molar-refractivity contribution < 1.29 is 19.1 Å². The second-order valence-electron chi connectivity index (χ2n) is 5.84. The van der Waals surface area contributed by atoms with Gasteiger partial charge in [0.1, 0.15) is 11.5 Å². The molecule has 0 fully saturated rings. The zero-order valence-electron chi connectivity index (χ0n) is 14.8. The third kappa shape index (κ3) is 4.57. The van der Waals surface area contributed by atoms with Gasteiger partial charge in [0.15, 0.2) is 0 Å². The van der Waals surface area contributed by atoms with Gasteiger partial charge < -0.3 is 14.8 Å². The van der Waals surface area contributed by atoms with Gasteiger partial charge in [-0.2, -0.15) is 5.10 Å². The summed E-state index contributed by atoms with van der Waals surface area (Å²) >= 11 is 5.97. The maximum atomic E-state index is 11.8. The van der Waals surface area contributed by atoms with Crippen LogP contribution in [0.5, 0.6) is 0 Å². The van der Waals surface area contributed by atoms with Crippen LogP contribution in [0.2, 0.25) is 5.02 Å². The minimum atomic E-state index is -0.983. The summed E-state index contributed by atoms with van der Waals surface area (Å²) in [5.41, 5.74) is 4.55. The predicted octanol–water partition coefficient (Wildman–Crippen LogP) is 4.76. The topological polar surface area (TPSA) is 104 Å². The molecule has 0 saturated carbocycles. The molecule has 0 radical (unpaired) electrons. The number of carboxylic acid groups (broad SMARTS) is 1. The van der Waals surface area contributed by atoms with Crippen LogP contribution in [0.25, 0.3) is 11.3 Å². The van der Waals surface area contributed by atoms with Crippen LogP contribution in [0.4, 0.5) is 10.5 Å². The normalized spacial score (nSPS) is 10.8. The number of rotatable bonds is 5. The average molecular weight is 398 g/mol. The van der Waals surface area contributed by atoms with Gasteiger partial charge >= 0.3 is 12.0 Å². The Morgan fingerprint density at radius 2 is 1.93 bits per heavy atom. The standard InChI is InChI=1S/C20H16ClN3O4/c1-12-10-13(19(25)26)6-8-15(12)18-9-7-14(28-18)11-22-24-20(27)23-17-5-3-2-4-16(17)21/h2-11H,1H3,(H,25,26)(H2,23,24,27)/b22-11+. The van der Waals surface area contributed by atoms with Gasteiger partial charge in [-0.05, 0) is 48.9 Å². The summed E-state index contributed by atoms with van der Waals surface area (Å²) in [7, 11) is 0. The maximum absolute atomic E-state index is 11.8. The van der Waals surface area contributed by atoms with Crippen LogP contribution in [-0.2, 0) is 0 Å². The van der Waals surface area contributed by atoms with E-state index in [4.69, 9.17) is 21.1 Å². The van der Waals surface area contributed by atoms with E-state index in [0.29, 0.717) is 22.2 Å². The molecule has 2 aromatic carbocycles. The highest BCUT2D eigenvalue weighted by molar-refractivity contribution is 6.33. The van der Waals surface area contributed by atoms with Gasteiger partial charge in [-0.15, -0.1) is 0 Å². The van der Waals surface area contributed by atoms with E-state index in [1.807, 2.05) is 0 Å². The summed E-state index contributed by atoms with van der Waals surface area (Å²) in [6.07, 6.45) is 1.36. The number of carbonyl (C=O) groups excluding carboxylic acids is 1. The van der Waals surface area contributed by atoms with Crippen molar-refractivity contribution in [2.45, 2.75) is 6.92 Å². The van der Waals surface area contributed by atoms with Crippen LogP contribution in [0.15, 0.2) is 64.1 Å². The highest BCUT2D eigenvalue weighted by Gasteiger charge is 2.10. The molecule has 3 N–H and O–H groups in total. The number of furan rings is 1. The van der Waals surface area contributed by atoms with Gasteiger partial charge in [0.05, 0.1) is 22.5 Å². The Balaban J connectivity index is 1.64. The van der Waals surface area contributed by atoms with E-state index in [1.165, 1.54) is 12.3 Å². The molecule has 0 aliphatic rings. The zero-order chi connectivity index (χ0) is 20.1. The van der Waals surface area contributed by atoms with E-state index in [-0.39, 0.29) is 5.56 Å². The number of nitrogens with one attached hydrogen (secondary N) is 2. The van der Waals surface area contributed by atoms with E-state index >= 15 is 0 Å². The van der Waals surface area contributed by atoms with Crippen molar-refractivity contribution in [3.63, 3.8) is 0 Å². The van der Waals surface area contributed by atoms with E-state index < -0.39 is 12.0 Å². The number of urea groups is 1. The van der Waals surface area contributed by atoms with Gasteiger partial charge in [-0.25, -0.2) is 15.0 Å². The number of halogens is 1. The van der Waals surface area contributed by atoms with Gasteiger partial charge in [0, 0.05) is 5.56 Å². The van der Waals surface area contributed by atoms with Gasteiger partial charge in [0.2, 0.25) is 0 Å². The lowest BCUT2D eigenvalue weighted by Crippen LogP contribution is -2.24. The first-order valence-corrected chi connectivity index (χ1v) is 8.60. The van der Waals surface area contributed by atoms with Crippen molar-refractivity contribution in [3.8, 4) is 11.3 Å². The molecule has 28 heavy (non-hydrogen) atoms. The minimum absolute atomic E-state index is 0.211. The molecular weight excluding hydrogens is 382 g/mol.